The second-order valence-electron chi connectivity index (χ2n) is 6.73. The molecule has 0 aromatic heterocycles. The monoisotopic (exact) mass is 393 g/mol. The number of alkyl halides is 3. The van der Waals surface area contributed by atoms with E-state index in [9.17, 15) is 18.0 Å². The van der Waals surface area contributed by atoms with E-state index in [0.29, 0.717) is 18.8 Å². The SMILES string of the molecule is COc1cccc([C@@H](C)NC(=O)c2ccc(C3CNNC3)c(C(F)(F)F)c2)c1. The van der Waals surface area contributed by atoms with Gasteiger partial charge in [-0.2, -0.15) is 13.2 Å². The van der Waals surface area contributed by atoms with Crippen molar-refractivity contribution >= 4 is 5.91 Å². The minimum Gasteiger partial charge on any atom is -0.497 e. The van der Waals surface area contributed by atoms with Crippen molar-refractivity contribution in [2.45, 2.75) is 25.1 Å². The predicted molar refractivity (Wildman–Crippen MR) is 99.1 cm³/mol. The molecular weight excluding hydrogens is 371 g/mol. The Hall–Kier alpha value is -2.58. The Balaban J connectivity index is 1.83. The van der Waals surface area contributed by atoms with E-state index in [1.54, 1.807) is 25.1 Å². The van der Waals surface area contributed by atoms with Gasteiger partial charge in [-0.05, 0) is 42.3 Å². The molecule has 1 amide bonds. The smallest absolute Gasteiger partial charge is 0.416 e. The van der Waals surface area contributed by atoms with E-state index < -0.39 is 17.6 Å². The molecule has 1 heterocycles. The third-order valence-corrected chi connectivity index (χ3v) is 4.82. The number of amides is 1. The number of methoxy groups -OCH3 is 1. The van der Waals surface area contributed by atoms with Crippen LogP contribution in [-0.4, -0.2) is 26.1 Å². The molecule has 28 heavy (non-hydrogen) atoms. The molecule has 150 valence electrons. The van der Waals surface area contributed by atoms with Gasteiger partial charge in [0.05, 0.1) is 18.7 Å². The number of nitrogens with one attached hydrogen (secondary N) is 3. The number of rotatable bonds is 5. The Labute approximate surface area is 161 Å². The topological polar surface area (TPSA) is 62.4 Å². The van der Waals surface area contributed by atoms with Crippen molar-refractivity contribution in [2.24, 2.45) is 0 Å². The summed E-state index contributed by atoms with van der Waals surface area (Å²) in [6.45, 7) is 2.57. The largest absolute Gasteiger partial charge is 0.497 e. The average Bonchev–Trinajstić information content (AvgIpc) is 3.21. The number of carbonyl (C=O) groups is 1. The van der Waals surface area contributed by atoms with E-state index in [0.717, 1.165) is 11.6 Å². The first kappa shape index (κ1) is 20.2. The lowest BCUT2D eigenvalue weighted by Crippen LogP contribution is -2.27. The number of hydrogen-bond acceptors (Lipinski definition) is 4. The first-order valence-electron chi connectivity index (χ1n) is 8.91. The van der Waals surface area contributed by atoms with Crippen molar-refractivity contribution in [2.75, 3.05) is 20.2 Å². The minimum atomic E-state index is -4.54. The molecule has 1 aliphatic rings. The highest BCUT2D eigenvalue weighted by molar-refractivity contribution is 5.94. The maximum Gasteiger partial charge on any atom is 0.416 e. The van der Waals surface area contributed by atoms with Crippen molar-refractivity contribution in [3.8, 4) is 5.75 Å². The molecule has 1 saturated heterocycles. The summed E-state index contributed by atoms with van der Waals surface area (Å²) in [6, 6.07) is 10.5. The predicted octanol–water partition coefficient (Wildman–Crippen LogP) is 3.40. The molecular formula is C20H22F3N3O2. The summed E-state index contributed by atoms with van der Waals surface area (Å²) in [7, 11) is 1.54. The minimum absolute atomic E-state index is 0.0234. The standard InChI is InChI=1S/C20H22F3N3O2/c1-12(13-4-3-5-16(8-13)28-2)26-19(27)14-6-7-17(15-10-24-25-11-15)18(9-14)20(21,22)23/h3-9,12,15,24-25H,10-11H2,1-2H3,(H,26,27)/t12-/m1/s1. The first-order valence-corrected chi connectivity index (χ1v) is 8.91. The zero-order chi connectivity index (χ0) is 20.3. The lowest BCUT2D eigenvalue weighted by Gasteiger charge is -2.19. The third-order valence-electron chi connectivity index (χ3n) is 4.82. The van der Waals surface area contributed by atoms with Crippen molar-refractivity contribution in [1.29, 1.82) is 0 Å². The van der Waals surface area contributed by atoms with Gasteiger partial charge in [0.2, 0.25) is 0 Å². The van der Waals surface area contributed by atoms with Crippen LogP contribution in [0.1, 0.15) is 45.9 Å². The van der Waals surface area contributed by atoms with Gasteiger partial charge >= 0.3 is 6.18 Å². The van der Waals surface area contributed by atoms with Gasteiger partial charge in [0, 0.05) is 24.6 Å². The fourth-order valence-electron chi connectivity index (χ4n) is 3.26. The normalized spacial score (nSPS) is 16.0. The second-order valence-corrected chi connectivity index (χ2v) is 6.73. The molecule has 0 bridgehead atoms. The molecule has 2 aromatic rings. The Morgan fingerprint density at radius 2 is 1.89 bits per heavy atom. The van der Waals surface area contributed by atoms with Gasteiger partial charge in [-0.15, -0.1) is 0 Å². The Bertz CT molecular complexity index is 849. The highest BCUT2D eigenvalue weighted by atomic mass is 19.4. The molecule has 0 aliphatic carbocycles. The Kier molecular flexibility index (Phi) is 5.90. The summed E-state index contributed by atoms with van der Waals surface area (Å²) < 4.78 is 45.9. The second kappa shape index (κ2) is 8.20. The van der Waals surface area contributed by atoms with E-state index in [2.05, 4.69) is 16.2 Å². The lowest BCUT2D eigenvalue weighted by atomic mass is 9.92. The maximum absolute atomic E-state index is 13.6. The molecule has 0 spiro atoms. The van der Waals surface area contributed by atoms with E-state index in [1.807, 2.05) is 6.07 Å². The number of ether oxygens (including phenoxy) is 1. The van der Waals surface area contributed by atoms with Crippen LogP contribution in [0.25, 0.3) is 0 Å². The molecule has 1 atom stereocenters. The number of benzene rings is 2. The maximum atomic E-state index is 13.6. The van der Waals surface area contributed by atoms with Crippen molar-refractivity contribution in [1.82, 2.24) is 16.2 Å². The van der Waals surface area contributed by atoms with E-state index >= 15 is 0 Å². The lowest BCUT2D eigenvalue weighted by molar-refractivity contribution is -0.138. The third kappa shape index (κ3) is 4.45. The zero-order valence-electron chi connectivity index (χ0n) is 15.6. The summed E-state index contributed by atoms with van der Waals surface area (Å²) >= 11 is 0. The molecule has 8 heteroatoms. The van der Waals surface area contributed by atoms with Gasteiger partial charge in [-0.1, -0.05) is 18.2 Å². The summed E-state index contributed by atoms with van der Waals surface area (Å²) in [5, 5.41) is 2.74. The number of hydrogen-bond donors (Lipinski definition) is 3. The van der Waals surface area contributed by atoms with Gasteiger partial charge < -0.3 is 10.1 Å². The highest BCUT2D eigenvalue weighted by Crippen LogP contribution is 2.36. The van der Waals surface area contributed by atoms with Crippen LogP contribution in [-0.2, 0) is 6.18 Å². The van der Waals surface area contributed by atoms with Crippen LogP contribution in [0.2, 0.25) is 0 Å². The summed E-state index contributed by atoms with van der Waals surface area (Å²) in [5.74, 6) is -0.222. The fourth-order valence-corrected chi connectivity index (χ4v) is 3.26. The van der Waals surface area contributed by atoms with Gasteiger partial charge in [-0.3, -0.25) is 15.6 Å². The quantitative estimate of drug-likeness (QED) is 0.729. The molecule has 0 saturated carbocycles. The van der Waals surface area contributed by atoms with Gasteiger partial charge in [0.1, 0.15) is 5.75 Å². The number of carbonyl (C=O) groups excluding carboxylic acids is 1. The van der Waals surface area contributed by atoms with Gasteiger partial charge in [0.15, 0.2) is 0 Å². The van der Waals surface area contributed by atoms with E-state index in [-0.39, 0.29) is 23.1 Å². The van der Waals surface area contributed by atoms with Crippen LogP contribution >= 0.6 is 0 Å². The van der Waals surface area contributed by atoms with Crippen molar-refractivity contribution in [3.05, 3.63) is 64.7 Å². The summed E-state index contributed by atoms with van der Waals surface area (Å²) in [5.41, 5.74) is 5.85. The van der Waals surface area contributed by atoms with Gasteiger partial charge in [-0.25, -0.2) is 0 Å². The highest BCUT2D eigenvalue weighted by Gasteiger charge is 2.36. The first-order chi connectivity index (χ1) is 13.3. The van der Waals surface area contributed by atoms with E-state index in [1.165, 1.54) is 19.2 Å². The molecule has 1 fully saturated rings. The summed E-state index contributed by atoms with van der Waals surface area (Å²) in [6.07, 6.45) is -4.54. The van der Waals surface area contributed by atoms with Gasteiger partial charge in [0.25, 0.3) is 5.91 Å². The molecule has 3 N–H and O–H groups in total. The van der Waals surface area contributed by atoms with Crippen LogP contribution in [0.5, 0.6) is 5.75 Å². The Morgan fingerprint density at radius 3 is 2.54 bits per heavy atom. The molecule has 5 nitrogen and oxygen atoms in total. The number of hydrazine groups is 1. The fraction of sp³-hybridized carbons (Fsp3) is 0.350. The van der Waals surface area contributed by atoms with Crippen LogP contribution in [0, 0.1) is 0 Å². The van der Waals surface area contributed by atoms with Crippen LogP contribution < -0.4 is 20.9 Å². The van der Waals surface area contributed by atoms with Crippen LogP contribution in [0.15, 0.2) is 42.5 Å². The van der Waals surface area contributed by atoms with Crippen molar-refractivity contribution in [3.63, 3.8) is 0 Å². The molecule has 2 aromatic carbocycles. The van der Waals surface area contributed by atoms with E-state index in [4.69, 9.17) is 4.74 Å². The molecule has 3 rings (SSSR count). The molecule has 1 aliphatic heterocycles. The average molecular weight is 393 g/mol. The zero-order valence-corrected chi connectivity index (χ0v) is 15.6. The number of halogens is 3. The van der Waals surface area contributed by atoms with Crippen molar-refractivity contribution < 1.29 is 22.7 Å². The summed E-state index contributed by atoms with van der Waals surface area (Å²) in [4.78, 5) is 12.6. The molecule has 0 unspecified atom stereocenters. The van der Waals surface area contributed by atoms with Crippen LogP contribution in [0.4, 0.5) is 13.2 Å². The van der Waals surface area contributed by atoms with Crippen LogP contribution in [0.3, 0.4) is 0 Å². The molecule has 0 radical (unpaired) electrons. The Morgan fingerprint density at radius 1 is 1.18 bits per heavy atom.